The summed E-state index contributed by atoms with van der Waals surface area (Å²) in [6, 6.07) is 8.08. The van der Waals surface area contributed by atoms with Crippen LogP contribution in [0.1, 0.15) is 26.3 Å². The minimum absolute atomic E-state index is 0.0936. The lowest BCUT2D eigenvalue weighted by Crippen LogP contribution is -2.55. The molecule has 2 atom stereocenters. The molecule has 1 aromatic carbocycles. The third kappa shape index (κ3) is 4.67. The molecule has 0 bridgehead atoms. The predicted octanol–water partition coefficient (Wildman–Crippen LogP) is 1.54. The average molecular weight is 479 g/mol. The molecule has 4 rings (SSSR count). The van der Waals surface area contributed by atoms with E-state index in [1.165, 1.54) is 0 Å². The molecule has 0 saturated carbocycles. The van der Waals surface area contributed by atoms with Gasteiger partial charge in [-0.15, -0.1) is 0 Å². The van der Waals surface area contributed by atoms with E-state index in [0.717, 1.165) is 5.56 Å². The van der Waals surface area contributed by atoms with Crippen LogP contribution in [0.5, 0.6) is 0 Å². The van der Waals surface area contributed by atoms with Crippen LogP contribution in [-0.4, -0.2) is 80.7 Å². The lowest BCUT2D eigenvalue weighted by Gasteiger charge is -2.39. The van der Waals surface area contributed by atoms with Crippen molar-refractivity contribution in [2.45, 2.75) is 42.4 Å². The zero-order valence-corrected chi connectivity index (χ0v) is 20.3. The Morgan fingerprint density at radius 2 is 1.53 bits per heavy atom. The van der Waals surface area contributed by atoms with Crippen molar-refractivity contribution in [1.29, 1.82) is 0 Å². The highest BCUT2D eigenvalue weighted by molar-refractivity contribution is 7.96. The van der Waals surface area contributed by atoms with Gasteiger partial charge >= 0.3 is 0 Å². The third-order valence-corrected chi connectivity index (χ3v) is 10.5. The second kappa shape index (κ2) is 8.39. The van der Waals surface area contributed by atoms with Crippen molar-refractivity contribution in [3.05, 3.63) is 48.3 Å². The van der Waals surface area contributed by atoms with Crippen LogP contribution in [0.4, 0.5) is 5.95 Å². The van der Waals surface area contributed by atoms with E-state index in [1.54, 1.807) is 30.6 Å². The first-order chi connectivity index (χ1) is 15.0. The fraction of sp³-hybridized carbons (Fsp3) is 0.545. The van der Waals surface area contributed by atoms with E-state index < -0.39 is 31.0 Å². The molecular formula is C22H30N4O4S2. The molecule has 0 N–H and O–H groups in total. The summed E-state index contributed by atoms with van der Waals surface area (Å²) in [4.78, 5) is 12.8. The molecule has 0 spiro atoms. The Morgan fingerprint density at radius 3 is 2.09 bits per heavy atom. The zero-order valence-electron chi connectivity index (χ0n) is 18.7. The van der Waals surface area contributed by atoms with Crippen LogP contribution < -0.4 is 4.90 Å². The highest BCUT2D eigenvalue weighted by atomic mass is 32.2. The molecule has 0 amide bonds. The number of benzene rings is 1. The van der Waals surface area contributed by atoms with Gasteiger partial charge in [0.05, 0.1) is 21.7 Å². The zero-order chi connectivity index (χ0) is 23.1. The largest absolute Gasteiger partial charge is 0.338 e. The third-order valence-electron chi connectivity index (χ3n) is 6.34. The molecular weight excluding hydrogens is 448 g/mol. The van der Waals surface area contributed by atoms with Gasteiger partial charge in [0.25, 0.3) is 0 Å². The topological polar surface area (TPSA) is 101 Å². The fourth-order valence-corrected chi connectivity index (χ4v) is 9.29. The molecule has 2 aromatic rings. The van der Waals surface area contributed by atoms with Gasteiger partial charge in [-0.25, -0.2) is 26.8 Å². The Hall–Kier alpha value is -2.04. The number of sulfone groups is 2. The van der Waals surface area contributed by atoms with E-state index in [-0.39, 0.29) is 21.8 Å². The second-order valence-electron chi connectivity index (χ2n) is 9.57. The highest BCUT2D eigenvalue weighted by Crippen LogP contribution is 2.31. The van der Waals surface area contributed by atoms with E-state index in [1.807, 2.05) is 21.9 Å². The molecule has 8 nitrogen and oxygen atoms in total. The van der Waals surface area contributed by atoms with Crippen molar-refractivity contribution < 1.29 is 16.8 Å². The number of rotatable bonds is 4. The Labute approximate surface area is 190 Å². The van der Waals surface area contributed by atoms with Crippen LogP contribution in [0.2, 0.25) is 0 Å². The van der Waals surface area contributed by atoms with Gasteiger partial charge in [0.15, 0.2) is 19.7 Å². The first-order valence-electron chi connectivity index (χ1n) is 10.8. The summed E-state index contributed by atoms with van der Waals surface area (Å²) in [7, 11) is -7.24. The van der Waals surface area contributed by atoms with Crippen LogP contribution >= 0.6 is 0 Å². The van der Waals surface area contributed by atoms with Gasteiger partial charge in [-0.1, -0.05) is 32.9 Å². The molecule has 1 aromatic heterocycles. The quantitative estimate of drug-likeness (QED) is 0.652. The van der Waals surface area contributed by atoms with Crippen molar-refractivity contribution in [3.63, 3.8) is 0 Å². The maximum atomic E-state index is 13.5. The minimum atomic E-state index is -3.80. The monoisotopic (exact) mass is 478 g/mol. The van der Waals surface area contributed by atoms with Gasteiger partial charge in [-0.05, 0) is 29.2 Å². The second-order valence-corrected chi connectivity index (χ2v) is 13.9. The number of hydrogen-bond donors (Lipinski definition) is 0. The minimum Gasteiger partial charge on any atom is -0.338 e. The maximum absolute atomic E-state index is 13.5. The Morgan fingerprint density at radius 1 is 0.938 bits per heavy atom. The number of piperazine rings is 1. The summed E-state index contributed by atoms with van der Waals surface area (Å²) in [5.74, 6) is 0.177. The molecule has 174 valence electrons. The van der Waals surface area contributed by atoms with Crippen molar-refractivity contribution in [1.82, 2.24) is 14.9 Å². The predicted molar refractivity (Wildman–Crippen MR) is 124 cm³/mol. The lowest BCUT2D eigenvalue weighted by atomic mass is 9.87. The molecule has 32 heavy (non-hydrogen) atoms. The summed E-state index contributed by atoms with van der Waals surface area (Å²) in [5, 5.41) is -0.965. The number of hydrogen-bond acceptors (Lipinski definition) is 8. The van der Waals surface area contributed by atoms with Crippen molar-refractivity contribution in [3.8, 4) is 0 Å². The van der Waals surface area contributed by atoms with Gasteiger partial charge in [0.1, 0.15) is 0 Å². The number of aromatic nitrogens is 2. The van der Waals surface area contributed by atoms with E-state index >= 15 is 0 Å². The van der Waals surface area contributed by atoms with E-state index in [0.29, 0.717) is 32.1 Å². The molecule has 0 unspecified atom stereocenters. The van der Waals surface area contributed by atoms with Crippen LogP contribution in [0, 0.1) is 0 Å². The maximum Gasteiger partial charge on any atom is 0.225 e. The van der Waals surface area contributed by atoms with Crippen molar-refractivity contribution in [2.24, 2.45) is 0 Å². The van der Waals surface area contributed by atoms with Gasteiger partial charge < -0.3 is 4.90 Å². The summed E-state index contributed by atoms with van der Waals surface area (Å²) in [6.07, 6.45) is 3.37. The summed E-state index contributed by atoms with van der Waals surface area (Å²) in [6.45, 7) is 8.56. The summed E-state index contributed by atoms with van der Waals surface area (Å²) < 4.78 is 52.0. The van der Waals surface area contributed by atoms with E-state index in [4.69, 9.17) is 0 Å². The summed E-state index contributed by atoms with van der Waals surface area (Å²) in [5.41, 5.74) is 0.940. The molecule has 2 aliphatic rings. The molecule has 3 heterocycles. The molecule has 0 radical (unpaired) electrons. The van der Waals surface area contributed by atoms with Crippen LogP contribution in [-0.2, 0) is 25.1 Å². The first-order valence-corrected chi connectivity index (χ1v) is 14.1. The Balaban J connectivity index is 1.55. The van der Waals surface area contributed by atoms with Gasteiger partial charge in [0, 0.05) is 44.6 Å². The SMILES string of the molecule is CC(C)(C)c1ccc(S(=O)(=O)[C@@H]2CS(=O)(=O)C[C@@H]2N2CCN(c3ncccn3)CC2)cc1. The van der Waals surface area contributed by atoms with E-state index in [2.05, 4.69) is 30.7 Å². The highest BCUT2D eigenvalue weighted by Gasteiger charge is 2.48. The Kier molecular flexibility index (Phi) is 6.06. The van der Waals surface area contributed by atoms with Gasteiger partial charge in [-0.2, -0.15) is 0 Å². The first kappa shape index (κ1) is 23.1. The van der Waals surface area contributed by atoms with Crippen LogP contribution in [0.3, 0.4) is 0 Å². The fourth-order valence-electron chi connectivity index (χ4n) is 4.46. The van der Waals surface area contributed by atoms with Crippen LogP contribution in [0.15, 0.2) is 47.6 Å². The standard InChI is InChI=1S/C22H30N4O4S2/c1-22(2,3)17-5-7-18(8-6-17)32(29,30)20-16-31(27,28)15-19(20)25-11-13-26(14-12-25)21-23-9-4-10-24-21/h4-10,19-20H,11-16H2,1-3H3/t19-,20+/m0/s1. The van der Waals surface area contributed by atoms with Gasteiger partial charge in [-0.3, -0.25) is 4.90 Å². The van der Waals surface area contributed by atoms with Crippen molar-refractivity contribution >= 4 is 25.6 Å². The Bertz CT molecular complexity index is 1150. The van der Waals surface area contributed by atoms with E-state index in [9.17, 15) is 16.8 Å². The van der Waals surface area contributed by atoms with Crippen LogP contribution in [0.25, 0.3) is 0 Å². The molecule has 0 aliphatic carbocycles. The summed E-state index contributed by atoms with van der Waals surface area (Å²) >= 11 is 0. The number of anilines is 1. The smallest absolute Gasteiger partial charge is 0.225 e. The van der Waals surface area contributed by atoms with Crippen molar-refractivity contribution in [2.75, 3.05) is 42.6 Å². The average Bonchev–Trinajstić information content (AvgIpc) is 3.10. The van der Waals surface area contributed by atoms with Gasteiger partial charge in [0.2, 0.25) is 5.95 Å². The molecule has 2 saturated heterocycles. The lowest BCUT2D eigenvalue weighted by molar-refractivity contribution is 0.201. The molecule has 2 aliphatic heterocycles. The molecule has 10 heteroatoms. The normalized spacial score (nSPS) is 24.5. The molecule has 2 fully saturated rings. The number of nitrogens with zero attached hydrogens (tertiary/aromatic N) is 4.